The summed E-state index contributed by atoms with van der Waals surface area (Å²) in [6.45, 7) is 11.2. The van der Waals surface area contributed by atoms with E-state index in [0.29, 0.717) is 0 Å². The fraction of sp³-hybridized carbons (Fsp3) is 1.00. The van der Waals surface area contributed by atoms with Gasteiger partial charge in [0.15, 0.2) is 0 Å². The summed E-state index contributed by atoms with van der Waals surface area (Å²) in [6.07, 6.45) is 3.18. The zero-order chi connectivity index (χ0) is 12.4. The average Bonchev–Trinajstić information content (AvgIpc) is 2.32. The molecule has 0 aliphatic heterocycles. The van der Waals surface area contributed by atoms with Crippen molar-refractivity contribution in [3.63, 3.8) is 0 Å². The minimum atomic E-state index is -0.136. The molecular weight excluding hydrogens is 202 g/mol. The molecule has 0 aliphatic carbocycles. The zero-order valence-corrected chi connectivity index (χ0v) is 11.6. The second-order valence-electron chi connectivity index (χ2n) is 4.45. The van der Waals surface area contributed by atoms with Gasteiger partial charge in [-0.05, 0) is 32.7 Å². The van der Waals surface area contributed by atoms with Crippen molar-refractivity contribution in [2.24, 2.45) is 0 Å². The molecule has 0 saturated heterocycles. The van der Waals surface area contributed by atoms with Gasteiger partial charge in [0, 0.05) is 13.7 Å². The quantitative estimate of drug-likeness (QED) is 0.586. The third-order valence-corrected chi connectivity index (χ3v) is 3.18. The van der Waals surface area contributed by atoms with E-state index in [9.17, 15) is 0 Å². The fourth-order valence-electron chi connectivity index (χ4n) is 1.65. The van der Waals surface area contributed by atoms with Gasteiger partial charge < -0.3 is 14.8 Å². The smallest absolute Gasteiger partial charge is 0.0822 e. The Labute approximate surface area is 101 Å². The number of nitrogens with one attached hydrogen (secondary N) is 1. The topological polar surface area (TPSA) is 30.5 Å². The van der Waals surface area contributed by atoms with Gasteiger partial charge in [-0.1, -0.05) is 20.8 Å². The van der Waals surface area contributed by atoms with E-state index in [1.807, 2.05) is 0 Å². The van der Waals surface area contributed by atoms with Gasteiger partial charge in [0.1, 0.15) is 0 Å². The fourth-order valence-corrected chi connectivity index (χ4v) is 1.65. The van der Waals surface area contributed by atoms with Crippen LogP contribution in [0.1, 0.15) is 47.0 Å². The molecule has 0 bridgehead atoms. The van der Waals surface area contributed by atoms with Gasteiger partial charge in [0.2, 0.25) is 0 Å². The first-order chi connectivity index (χ1) is 7.64. The highest BCUT2D eigenvalue weighted by molar-refractivity contribution is 4.88. The van der Waals surface area contributed by atoms with Crippen molar-refractivity contribution in [2.75, 3.05) is 26.9 Å². The van der Waals surface area contributed by atoms with Crippen molar-refractivity contribution in [1.82, 2.24) is 5.32 Å². The van der Waals surface area contributed by atoms with Crippen molar-refractivity contribution < 1.29 is 9.47 Å². The largest absolute Gasteiger partial charge is 0.380 e. The summed E-state index contributed by atoms with van der Waals surface area (Å²) in [5.41, 5.74) is -0.136. The van der Waals surface area contributed by atoms with Crippen LogP contribution in [0.3, 0.4) is 0 Å². The van der Waals surface area contributed by atoms with Crippen LogP contribution in [-0.4, -0.2) is 38.5 Å². The van der Waals surface area contributed by atoms with Gasteiger partial charge in [0.05, 0.1) is 18.2 Å². The Morgan fingerprint density at radius 2 is 1.88 bits per heavy atom. The highest BCUT2D eigenvalue weighted by atomic mass is 16.5. The number of rotatable bonds is 10. The summed E-state index contributed by atoms with van der Waals surface area (Å²) < 4.78 is 11.3. The number of hydrogen-bond acceptors (Lipinski definition) is 3. The van der Waals surface area contributed by atoms with E-state index in [1.54, 1.807) is 7.11 Å². The molecule has 0 spiro atoms. The van der Waals surface area contributed by atoms with E-state index in [4.69, 9.17) is 9.47 Å². The van der Waals surface area contributed by atoms with Crippen molar-refractivity contribution in [3.8, 4) is 0 Å². The summed E-state index contributed by atoms with van der Waals surface area (Å²) >= 11 is 0. The summed E-state index contributed by atoms with van der Waals surface area (Å²) in [5.74, 6) is 0. The molecule has 2 atom stereocenters. The van der Waals surface area contributed by atoms with E-state index in [0.717, 1.165) is 39.0 Å². The monoisotopic (exact) mass is 231 g/mol. The van der Waals surface area contributed by atoms with Gasteiger partial charge in [-0.2, -0.15) is 0 Å². The first kappa shape index (κ1) is 15.9. The summed E-state index contributed by atoms with van der Waals surface area (Å²) in [7, 11) is 1.78. The number of methoxy groups -OCH3 is 1. The van der Waals surface area contributed by atoms with Crippen LogP contribution in [0, 0.1) is 0 Å². The molecule has 2 unspecified atom stereocenters. The third kappa shape index (κ3) is 5.28. The van der Waals surface area contributed by atoms with Crippen LogP contribution < -0.4 is 5.32 Å². The van der Waals surface area contributed by atoms with Gasteiger partial charge in [-0.15, -0.1) is 0 Å². The minimum Gasteiger partial charge on any atom is -0.380 e. The predicted molar refractivity (Wildman–Crippen MR) is 68.9 cm³/mol. The van der Waals surface area contributed by atoms with Crippen LogP contribution in [0.2, 0.25) is 0 Å². The maximum absolute atomic E-state index is 5.65. The molecule has 0 saturated carbocycles. The normalized spacial score (nSPS) is 17.1. The van der Waals surface area contributed by atoms with Gasteiger partial charge >= 0.3 is 0 Å². The standard InChI is InChI=1S/C13H29NO2/c1-6-9-14-12(11-16-10-7-2)13(4,8-3)15-5/h12,14H,6-11H2,1-5H3. The highest BCUT2D eigenvalue weighted by Gasteiger charge is 2.32. The van der Waals surface area contributed by atoms with Crippen LogP contribution in [0.5, 0.6) is 0 Å². The summed E-state index contributed by atoms with van der Waals surface area (Å²) in [6, 6.07) is 0.272. The lowest BCUT2D eigenvalue weighted by Crippen LogP contribution is -2.52. The second kappa shape index (κ2) is 8.97. The SMILES string of the molecule is CCCNC(COCCC)C(C)(CC)OC. The second-order valence-corrected chi connectivity index (χ2v) is 4.45. The zero-order valence-electron chi connectivity index (χ0n) is 11.6. The summed E-state index contributed by atoms with van der Waals surface area (Å²) in [4.78, 5) is 0. The molecule has 0 rings (SSSR count). The Bertz CT molecular complexity index is 158. The summed E-state index contributed by atoms with van der Waals surface area (Å²) in [5, 5.41) is 3.52. The molecule has 0 fully saturated rings. The first-order valence-electron chi connectivity index (χ1n) is 6.50. The van der Waals surface area contributed by atoms with E-state index in [2.05, 4.69) is 33.0 Å². The van der Waals surface area contributed by atoms with Crippen molar-refractivity contribution in [1.29, 1.82) is 0 Å². The van der Waals surface area contributed by atoms with Gasteiger partial charge in [-0.25, -0.2) is 0 Å². The maximum atomic E-state index is 5.65. The third-order valence-electron chi connectivity index (χ3n) is 3.18. The maximum Gasteiger partial charge on any atom is 0.0822 e. The van der Waals surface area contributed by atoms with Crippen LogP contribution in [0.15, 0.2) is 0 Å². The molecule has 0 aromatic rings. The molecule has 3 heteroatoms. The molecule has 16 heavy (non-hydrogen) atoms. The molecule has 0 aliphatic rings. The minimum absolute atomic E-state index is 0.136. The molecule has 1 N–H and O–H groups in total. The molecular formula is C13H29NO2. The average molecular weight is 231 g/mol. The Morgan fingerprint density at radius 1 is 1.19 bits per heavy atom. The van der Waals surface area contributed by atoms with Gasteiger partial charge in [0.25, 0.3) is 0 Å². The predicted octanol–water partition coefficient (Wildman–Crippen LogP) is 2.60. The van der Waals surface area contributed by atoms with E-state index >= 15 is 0 Å². The number of ether oxygens (including phenoxy) is 2. The van der Waals surface area contributed by atoms with Crippen LogP contribution >= 0.6 is 0 Å². The van der Waals surface area contributed by atoms with E-state index in [1.165, 1.54) is 0 Å². The van der Waals surface area contributed by atoms with Crippen LogP contribution in [0.25, 0.3) is 0 Å². The first-order valence-corrected chi connectivity index (χ1v) is 6.50. The Kier molecular flexibility index (Phi) is 8.90. The van der Waals surface area contributed by atoms with Crippen LogP contribution in [-0.2, 0) is 9.47 Å². The Balaban J connectivity index is 4.26. The Hall–Kier alpha value is -0.120. The lowest BCUT2D eigenvalue weighted by Gasteiger charge is -2.36. The molecule has 0 radical (unpaired) electrons. The lowest BCUT2D eigenvalue weighted by molar-refractivity contribution is -0.0538. The molecule has 0 amide bonds. The van der Waals surface area contributed by atoms with Crippen molar-refractivity contribution >= 4 is 0 Å². The highest BCUT2D eigenvalue weighted by Crippen LogP contribution is 2.19. The lowest BCUT2D eigenvalue weighted by atomic mass is 9.93. The van der Waals surface area contributed by atoms with Crippen LogP contribution in [0.4, 0.5) is 0 Å². The van der Waals surface area contributed by atoms with E-state index < -0.39 is 0 Å². The van der Waals surface area contributed by atoms with Gasteiger partial charge in [-0.3, -0.25) is 0 Å². The number of hydrogen-bond donors (Lipinski definition) is 1. The Morgan fingerprint density at radius 3 is 2.31 bits per heavy atom. The van der Waals surface area contributed by atoms with Crippen molar-refractivity contribution in [3.05, 3.63) is 0 Å². The van der Waals surface area contributed by atoms with E-state index in [-0.39, 0.29) is 11.6 Å². The van der Waals surface area contributed by atoms with Crippen molar-refractivity contribution in [2.45, 2.75) is 58.6 Å². The molecule has 0 heterocycles. The molecule has 98 valence electrons. The molecule has 0 aromatic heterocycles. The molecule has 3 nitrogen and oxygen atoms in total. The molecule has 0 aromatic carbocycles.